The Hall–Kier alpha value is -3.62. The van der Waals surface area contributed by atoms with E-state index in [0.29, 0.717) is 52.3 Å². The van der Waals surface area contributed by atoms with Gasteiger partial charge in [-0.25, -0.2) is 9.97 Å². The SMILES string of the molecule is CC(=O)c1nn(CC(=O)N2[C@@H]3C[C@@H]3C[C@H]2C(=O)C[C@@H]2CCC[C@H](C)C2)c2ccc(OCc3ncccn3)cc12. The van der Waals surface area contributed by atoms with Gasteiger partial charge in [0.25, 0.3) is 0 Å². The molecule has 3 heterocycles. The molecule has 3 fully saturated rings. The van der Waals surface area contributed by atoms with E-state index in [1.54, 1.807) is 35.3 Å². The number of ether oxygens (including phenoxy) is 1. The smallest absolute Gasteiger partial charge is 0.245 e. The first kappa shape index (κ1) is 25.6. The second-order valence-electron chi connectivity index (χ2n) is 11.6. The topological polar surface area (TPSA) is 107 Å². The van der Waals surface area contributed by atoms with Gasteiger partial charge >= 0.3 is 0 Å². The Balaban J connectivity index is 1.19. The zero-order valence-electron chi connectivity index (χ0n) is 22.6. The fraction of sp³-hybridized carbons (Fsp3) is 0.533. The number of carbonyl (C=O) groups excluding carboxylic acids is 3. The van der Waals surface area contributed by atoms with Crippen molar-refractivity contribution in [2.45, 2.75) is 84.0 Å². The summed E-state index contributed by atoms with van der Waals surface area (Å²) in [6.45, 7) is 3.93. The number of fused-ring (bicyclic) bond motifs is 2. The molecular weight excluding hydrogens is 494 g/mol. The van der Waals surface area contributed by atoms with Crippen molar-refractivity contribution >= 4 is 28.4 Å². The molecule has 6 rings (SSSR count). The predicted octanol–water partition coefficient (Wildman–Crippen LogP) is 4.38. The van der Waals surface area contributed by atoms with Crippen LogP contribution in [0.5, 0.6) is 5.75 Å². The molecule has 5 atom stereocenters. The molecule has 0 spiro atoms. The molecule has 1 saturated heterocycles. The van der Waals surface area contributed by atoms with Gasteiger partial charge in [-0.3, -0.25) is 19.1 Å². The van der Waals surface area contributed by atoms with Crippen LogP contribution in [0, 0.1) is 17.8 Å². The Morgan fingerprint density at radius 2 is 1.90 bits per heavy atom. The molecule has 1 amide bonds. The Bertz CT molecular complexity index is 1400. The fourth-order valence-corrected chi connectivity index (χ4v) is 6.66. The maximum atomic E-state index is 13.6. The molecule has 2 saturated carbocycles. The Kier molecular flexibility index (Phi) is 6.91. The largest absolute Gasteiger partial charge is 0.486 e. The molecule has 0 bridgehead atoms. The maximum absolute atomic E-state index is 13.6. The van der Waals surface area contributed by atoms with E-state index >= 15 is 0 Å². The van der Waals surface area contributed by atoms with Gasteiger partial charge in [0.1, 0.15) is 24.6 Å². The predicted molar refractivity (Wildman–Crippen MR) is 144 cm³/mol. The third kappa shape index (κ3) is 5.31. The lowest BCUT2D eigenvalue weighted by Gasteiger charge is -2.30. The fourth-order valence-electron chi connectivity index (χ4n) is 6.66. The molecule has 3 aliphatic rings. The normalized spacial score (nSPS) is 25.9. The number of piperidine rings is 1. The van der Waals surface area contributed by atoms with Gasteiger partial charge in [-0.1, -0.05) is 26.2 Å². The van der Waals surface area contributed by atoms with Crippen molar-refractivity contribution in [2.24, 2.45) is 17.8 Å². The first-order valence-corrected chi connectivity index (χ1v) is 14.1. The van der Waals surface area contributed by atoms with Crippen LogP contribution >= 0.6 is 0 Å². The number of benzene rings is 1. The van der Waals surface area contributed by atoms with Gasteiger partial charge in [-0.2, -0.15) is 5.10 Å². The molecule has 9 nitrogen and oxygen atoms in total. The van der Waals surface area contributed by atoms with Gasteiger partial charge < -0.3 is 9.64 Å². The Morgan fingerprint density at radius 3 is 2.67 bits per heavy atom. The van der Waals surface area contributed by atoms with Gasteiger partial charge in [-0.15, -0.1) is 0 Å². The van der Waals surface area contributed by atoms with Crippen LogP contribution in [0.25, 0.3) is 10.9 Å². The highest BCUT2D eigenvalue weighted by molar-refractivity contribution is 6.05. The minimum Gasteiger partial charge on any atom is -0.486 e. The van der Waals surface area contributed by atoms with Crippen LogP contribution in [0.15, 0.2) is 36.7 Å². The highest BCUT2D eigenvalue weighted by Crippen LogP contribution is 2.49. The number of ketones is 2. The lowest BCUT2D eigenvalue weighted by molar-refractivity contribution is -0.140. The average molecular weight is 530 g/mol. The number of hydrogen-bond acceptors (Lipinski definition) is 7. The molecular formula is C30H35N5O4. The lowest BCUT2D eigenvalue weighted by atomic mass is 9.79. The van der Waals surface area contributed by atoms with Crippen molar-refractivity contribution in [3.63, 3.8) is 0 Å². The van der Waals surface area contributed by atoms with Gasteiger partial charge in [0.2, 0.25) is 5.91 Å². The monoisotopic (exact) mass is 529 g/mol. The number of Topliss-reactive ketones (excluding diaryl/α,β-unsaturated/α-hetero) is 2. The van der Waals surface area contributed by atoms with Crippen molar-refractivity contribution < 1.29 is 19.1 Å². The number of amides is 1. The molecule has 1 aromatic carbocycles. The van der Waals surface area contributed by atoms with Crippen molar-refractivity contribution in [1.82, 2.24) is 24.6 Å². The lowest BCUT2D eigenvalue weighted by Crippen LogP contribution is -2.45. The molecule has 0 N–H and O–H groups in total. The van der Waals surface area contributed by atoms with Gasteiger partial charge in [-0.05, 0) is 61.3 Å². The van der Waals surface area contributed by atoms with E-state index in [9.17, 15) is 14.4 Å². The van der Waals surface area contributed by atoms with E-state index in [4.69, 9.17) is 4.74 Å². The van der Waals surface area contributed by atoms with E-state index in [2.05, 4.69) is 22.0 Å². The van der Waals surface area contributed by atoms with Crippen molar-refractivity contribution in [3.8, 4) is 5.75 Å². The van der Waals surface area contributed by atoms with Crippen LogP contribution < -0.4 is 4.74 Å². The van der Waals surface area contributed by atoms with Crippen molar-refractivity contribution in [3.05, 3.63) is 48.2 Å². The first-order chi connectivity index (χ1) is 18.9. The molecule has 3 aromatic rings. The van der Waals surface area contributed by atoms with Crippen molar-refractivity contribution in [1.29, 1.82) is 0 Å². The molecule has 2 aromatic heterocycles. The highest BCUT2D eigenvalue weighted by atomic mass is 16.5. The summed E-state index contributed by atoms with van der Waals surface area (Å²) in [6.07, 6.45) is 10.3. The van der Waals surface area contributed by atoms with Gasteiger partial charge in [0.05, 0.1) is 11.6 Å². The van der Waals surface area contributed by atoms with Crippen LogP contribution in [0.1, 0.15) is 75.1 Å². The number of carbonyl (C=O) groups is 3. The number of nitrogens with zero attached hydrogens (tertiary/aromatic N) is 5. The van der Waals surface area contributed by atoms with Crippen LogP contribution in [0.2, 0.25) is 0 Å². The van der Waals surface area contributed by atoms with Crippen molar-refractivity contribution in [2.75, 3.05) is 0 Å². The highest BCUT2D eigenvalue weighted by Gasteiger charge is 2.55. The number of rotatable bonds is 9. The van der Waals surface area contributed by atoms with E-state index < -0.39 is 0 Å². The third-order valence-electron chi connectivity index (χ3n) is 8.63. The molecule has 0 unspecified atom stereocenters. The summed E-state index contributed by atoms with van der Waals surface area (Å²) < 4.78 is 7.45. The Labute approximate surface area is 227 Å². The summed E-state index contributed by atoms with van der Waals surface area (Å²) in [5, 5.41) is 5.16. The van der Waals surface area contributed by atoms with Crippen LogP contribution in [-0.2, 0) is 22.7 Å². The molecule has 0 radical (unpaired) electrons. The molecule has 204 valence electrons. The summed E-state index contributed by atoms with van der Waals surface area (Å²) in [5.41, 5.74) is 0.978. The van der Waals surface area contributed by atoms with Crippen LogP contribution in [0.3, 0.4) is 0 Å². The Morgan fingerprint density at radius 1 is 1.08 bits per heavy atom. The molecule has 39 heavy (non-hydrogen) atoms. The summed E-state index contributed by atoms with van der Waals surface area (Å²) in [5.74, 6) is 2.59. The minimum atomic E-state index is -0.326. The van der Waals surface area contributed by atoms with E-state index in [0.717, 1.165) is 25.7 Å². The summed E-state index contributed by atoms with van der Waals surface area (Å²) in [4.78, 5) is 49.6. The zero-order chi connectivity index (χ0) is 27.1. The van der Waals surface area contributed by atoms with Crippen LogP contribution in [0.4, 0.5) is 0 Å². The molecule has 1 aliphatic heterocycles. The average Bonchev–Trinajstić information content (AvgIpc) is 3.43. The minimum absolute atomic E-state index is 0.00466. The van der Waals surface area contributed by atoms with E-state index in [1.807, 2.05) is 11.0 Å². The standard InChI is InChI=1S/C30H35N5O4/c1-18-5-3-6-20(11-18)12-27(37)26-14-21-13-25(21)35(26)29(38)16-34-24-8-7-22(15-23(24)30(33-34)19(2)36)39-17-28-31-9-4-10-32-28/h4,7-10,15,18,20-21,25-26H,3,5-6,11-14,16-17H2,1-2H3/t18-,20+,21+,25+,26-/m0/s1. The second-order valence-corrected chi connectivity index (χ2v) is 11.6. The van der Waals surface area contributed by atoms with Gasteiger partial charge in [0, 0.05) is 37.2 Å². The van der Waals surface area contributed by atoms with Crippen LogP contribution in [-0.4, -0.2) is 54.2 Å². The summed E-state index contributed by atoms with van der Waals surface area (Å²) >= 11 is 0. The second kappa shape index (κ2) is 10.5. The summed E-state index contributed by atoms with van der Waals surface area (Å²) in [6, 6.07) is 6.96. The zero-order valence-corrected chi connectivity index (χ0v) is 22.6. The number of hydrogen-bond donors (Lipinski definition) is 0. The maximum Gasteiger partial charge on any atom is 0.245 e. The molecule has 2 aliphatic carbocycles. The quantitative estimate of drug-likeness (QED) is 0.379. The van der Waals surface area contributed by atoms with E-state index in [-0.39, 0.29) is 42.7 Å². The number of likely N-dealkylation sites (tertiary alicyclic amines) is 1. The first-order valence-electron chi connectivity index (χ1n) is 14.1. The summed E-state index contributed by atoms with van der Waals surface area (Å²) in [7, 11) is 0. The number of aromatic nitrogens is 4. The third-order valence-corrected chi connectivity index (χ3v) is 8.63. The molecule has 9 heteroatoms. The van der Waals surface area contributed by atoms with Gasteiger partial charge in [0.15, 0.2) is 17.4 Å². The van der Waals surface area contributed by atoms with E-state index in [1.165, 1.54) is 19.8 Å².